The number of nitrogens with one attached hydrogen (secondary N) is 2. The van der Waals surface area contributed by atoms with Gasteiger partial charge in [0.1, 0.15) is 11.4 Å². The van der Waals surface area contributed by atoms with Gasteiger partial charge in [0.15, 0.2) is 0 Å². The van der Waals surface area contributed by atoms with Gasteiger partial charge in [-0.25, -0.2) is 4.98 Å². The summed E-state index contributed by atoms with van der Waals surface area (Å²) in [6, 6.07) is 7.75. The summed E-state index contributed by atoms with van der Waals surface area (Å²) in [4.78, 5) is 42.0. The summed E-state index contributed by atoms with van der Waals surface area (Å²) in [6.45, 7) is 3.08. The fraction of sp³-hybridized carbons (Fsp3) is 0.222. The largest absolute Gasteiger partial charge is 0.289 e. The second-order valence-electron chi connectivity index (χ2n) is 5.85. The summed E-state index contributed by atoms with van der Waals surface area (Å²) in [7, 11) is 0. The Balaban J connectivity index is 2.07. The molecule has 2 heterocycles. The topological polar surface area (TPSA) is 93.1 Å². The third kappa shape index (κ3) is 4.09. The molecule has 140 valence electrons. The van der Waals surface area contributed by atoms with Crippen LogP contribution in [-0.2, 0) is 22.6 Å². The molecule has 2 amide bonds. The zero-order chi connectivity index (χ0) is 19.6. The molecule has 0 bridgehead atoms. The van der Waals surface area contributed by atoms with Gasteiger partial charge in [0.05, 0.1) is 11.7 Å². The Bertz CT molecular complexity index is 1070. The molecule has 2 aromatic heterocycles. The average Bonchev–Trinajstić information content (AvgIpc) is 3.02. The molecular weight excluding hydrogens is 432 g/mol. The molecule has 7 nitrogen and oxygen atoms in total. The number of hydrogen-bond donors (Lipinski definition) is 2. The first kappa shape index (κ1) is 19.2. The number of thiophene rings is 1. The normalized spacial score (nSPS) is 10.8. The number of hydrogen-bond acceptors (Lipinski definition) is 5. The quantitative estimate of drug-likeness (QED) is 0.599. The number of carbonyl (C=O) groups excluding carboxylic acids is 2. The second kappa shape index (κ2) is 8.01. The maximum atomic E-state index is 13.0. The van der Waals surface area contributed by atoms with Crippen molar-refractivity contribution in [2.45, 2.75) is 26.8 Å². The molecule has 0 saturated carbocycles. The molecule has 0 aliphatic carbocycles. The Morgan fingerprint density at radius 1 is 1.22 bits per heavy atom. The molecule has 0 spiro atoms. The lowest BCUT2D eigenvalue weighted by Gasteiger charge is -2.08. The Morgan fingerprint density at radius 2 is 1.93 bits per heavy atom. The zero-order valence-electron chi connectivity index (χ0n) is 14.7. The van der Waals surface area contributed by atoms with Gasteiger partial charge in [-0.15, -0.1) is 11.3 Å². The number of benzene rings is 1. The van der Waals surface area contributed by atoms with Crippen LogP contribution in [0, 0.1) is 0 Å². The second-order valence-corrected chi connectivity index (χ2v) is 7.85. The molecule has 3 rings (SSSR count). The van der Waals surface area contributed by atoms with Gasteiger partial charge in [-0.3, -0.25) is 29.8 Å². The van der Waals surface area contributed by atoms with Crippen molar-refractivity contribution in [1.29, 1.82) is 0 Å². The highest BCUT2D eigenvalue weighted by atomic mass is 79.9. The van der Waals surface area contributed by atoms with Crippen molar-refractivity contribution < 1.29 is 9.59 Å². The molecular formula is C18H17BrN4O3S. The van der Waals surface area contributed by atoms with Gasteiger partial charge in [-0.05, 0) is 24.1 Å². The number of halogens is 1. The van der Waals surface area contributed by atoms with Crippen LogP contribution in [0.3, 0.4) is 0 Å². The third-order valence-corrected chi connectivity index (χ3v) is 5.67. The number of aryl methyl sites for hydroxylation is 1. The third-order valence-electron chi connectivity index (χ3n) is 3.90. The number of rotatable bonds is 4. The molecule has 0 radical (unpaired) electrons. The highest BCUT2D eigenvalue weighted by molar-refractivity contribution is 9.10. The highest BCUT2D eigenvalue weighted by Crippen LogP contribution is 2.36. The lowest BCUT2D eigenvalue weighted by Crippen LogP contribution is -2.43. The van der Waals surface area contributed by atoms with Crippen LogP contribution in [0.1, 0.15) is 18.7 Å². The predicted octanol–water partition coefficient (Wildman–Crippen LogP) is 2.62. The summed E-state index contributed by atoms with van der Waals surface area (Å²) in [5, 5.41) is 0.508. The molecule has 3 aromatic rings. The van der Waals surface area contributed by atoms with Crippen LogP contribution in [0.2, 0.25) is 0 Å². The van der Waals surface area contributed by atoms with Crippen molar-refractivity contribution in [1.82, 2.24) is 20.4 Å². The van der Waals surface area contributed by atoms with Gasteiger partial charge in [0.2, 0.25) is 5.91 Å². The molecule has 27 heavy (non-hydrogen) atoms. The van der Waals surface area contributed by atoms with Crippen LogP contribution < -0.4 is 16.4 Å². The number of nitrogens with zero attached hydrogens (tertiary/aromatic N) is 2. The molecule has 0 aliphatic heterocycles. The van der Waals surface area contributed by atoms with Gasteiger partial charge in [-0.1, -0.05) is 35.0 Å². The number of fused-ring (bicyclic) bond motifs is 1. The standard InChI is InChI=1S/C18H17BrN4O3S/c1-3-13-15(11-4-6-12(19)7-5-11)16-17(27-13)20-9-23(18(16)26)8-14(25)22-21-10(2)24/h4-7,9H,3,8H2,1-2H3,(H,21,24)(H,22,25). The first-order valence-corrected chi connectivity index (χ1v) is 9.83. The van der Waals surface area contributed by atoms with Crippen molar-refractivity contribution in [3.05, 3.63) is 50.3 Å². The maximum Gasteiger partial charge on any atom is 0.263 e. The minimum absolute atomic E-state index is 0.237. The van der Waals surface area contributed by atoms with E-state index in [1.165, 1.54) is 29.2 Å². The van der Waals surface area contributed by atoms with Crippen LogP contribution in [-0.4, -0.2) is 21.4 Å². The smallest absolute Gasteiger partial charge is 0.263 e. The van der Waals surface area contributed by atoms with Crippen LogP contribution in [0.15, 0.2) is 39.9 Å². The van der Waals surface area contributed by atoms with Crippen LogP contribution in [0.5, 0.6) is 0 Å². The van der Waals surface area contributed by atoms with E-state index in [-0.39, 0.29) is 12.1 Å². The van der Waals surface area contributed by atoms with E-state index in [0.717, 1.165) is 26.9 Å². The van der Waals surface area contributed by atoms with Crippen molar-refractivity contribution in [2.75, 3.05) is 0 Å². The van der Waals surface area contributed by atoms with Gasteiger partial charge < -0.3 is 0 Å². The predicted molar refractivity (Wildman–Crippen MR) is 108 cm³/mol. The fourth-order valence-electron chi connectivity index (χ4n) is 2.71. The molecule has 0 fully saturated rings. The summed E-state index contributed by atoms with van der Waals surface area (Å²) < 4.78 is 2.20. The van der Waals surface area contributed by atoms with E-state index in [4.69, 9.17) is 0 Å². The van der Waals surface area contributed by atoms with E-state index >= 15 is 0 Å². The molecule has 0 atom stereocenters. The van der Waals surface area contributed by atoms with Crippen molar-refractivity contribution in [3.63, 3.8) is 0 Å². The van der Waals surface area contributed by atoms with Gasteiger partial charge in [-0.2, -0.15) is 0 Å². The van der Waals surface area contributed by atoms with E-state index in [2.05, 4.69) is 31.8 Å². The first-order chi connectivity index (χ1) is 12.9. The van der Waals surface area contributed by atoms with Crippen molar-refractivity contribution in [3.8, 4) is 11.1 Å². The summed E-state index contributed by atoms with van der Waals surface area (Å²) in [6.07, 6.45) is 2.13. The Kier molecular flexibility index (Phi) is 5.71. The van der Waals surface area contributed by atoms with Gasteiger partial charge in [0.25, 0.3) is 11.5 Å². The average molecular weight is 449 g/mol. The van der Waals surface area contributed by atoms with Gasteiger partial charge in [0, 0.05) is 21.8 Å². The first-order valence-electron chi connectivity index (χ1n) is 8.23. The molecule has 0 saturated heterocycles. The SMILES string of the molecule is CCc1sc2ncn(CC(=O)NNC(C)=O)c(=O)c2c1-c1ccc(Br)cc1. The van der Waals surface area contributed by atoms with Crippen molar-refractivity contribution >= 4 is 49.3 Å². The monoisotopic (exact) mass is 448 g/mol. The lowest BCUT2D eigenvalue weighted by atomic mass is 10.0. The lowest BCUT2D eigenvalue weighted by molar-refractivity contribution is -0.128. The zero-order valence-corrected chi connectivity index (χ0v) is 17.1. The summed E-state index contributed by atoms with van der Waals surface area (Å²) >= 11 is 4.91. The number of hydrazine groups is 1. The Morgan fingerprint density at radius 3 is 2.56 bits per heavy atom. The summed E-state index contributed by atoms with van der Waals surface area (Å²) in [5.41, 5.74) is 5.95. The van der Waals surface area contributed by atoms with Crippen LogP contribution in [0.4, 0.5) is 0 Å². The summed E-state index contributed by atoms with van der Waals surface area (Å²) in [5.74, 6) is -0.906. The van der Waals surface area contributed by atoms with E-state index in [1.807, 2.05) is 31.2 Å². The number of carbonyl (C=O) groups is 2. The Hall–Kier alpha value is -2.52. The molecule has 0 aliphatic rings. The number of amides is 2. The minimum Gasteiger partial charge on any atom is -0.289 e. The Labute approximate surface area is 167 Å². The van der Waals surface area contributed by atoms with Crippen molar-refractivity contribution in [2.24, 2.45) is 0 Å². The van der Waals surface area contributed by atoms with E-state index in [1.54, 1.807) is 0 Å². The molecule has 2 N–H and O–H groups in total. The highest BCUT2D eigenvalue weighted by Gasteiger charge is 2.19. The van der Waals surface area contributed by atoms with Crippen LogP contribution in [0.25, 0.3) is 21.3 Å². The van der Waals surface area contributed by atoms with Gasteiger partial charge >= 0.3 is 0 Å². The number of aromatic nitrogens is 2. The van der Waals surface area contributed by atoms with E-state index in [0.29, 0.717) is 10.2 Å². The molecule has 1 aromatic carbocycles. The maximum absolute atomic E-state index is 13.0. The molecule has 0 unspecified atom stereocenters. The van der Waals surface area contributed by atoms with E-state index in [9.17, 15) is 14.4 Å². The molecule has 9 heteroatoms. The fourth-order valence-corrected chi connectivity index (χ4v) is 4.06. The van der Waals surface area contributed by atoms with E-state index < -0.39 is 11.8 Å². The van der Waals surface area contributed by atoms with Crippen LogP contribution >= 0.6 is 27.3 Å². The minimum atomic E-state index is -0.510.